The van der Waals surface area contributed by atoms with Crippen molar-refractivity contribution in [3.63, 3.8) is 0 Å². The molecule has 2 N–H and O–H groups in total. The molecule has 29 heavy (non-hydrogen) atoms. The largest absolute Gasteiger partial charge is 0.462 e. The topological polar surface area (TPSA) is 111 Å². The molecule has 0 bridgehead atoms. The molecule has 0 aliphatic heterocycles. The minimum atomic E-state index is -0.561. The van der Waals surface area contributed by atoms with Crippen molar-refractivity contribution in [3.05, 3.63) is 49.3 Å². The van der Waals surface area contributed by atoms with Gasteiger partial charge in [0.25, 0.3) is 5.69 Å². The van der Waals surface area contributed by atoms with Gasteiger partial charge in [-0.25, -0.2) is 4.79 Å². The molecule has 154 valence electrons. The fourth-order valence-corrected chi connectivity index (χ4v) is 4.68. The molecule has 1 amide bonds. The molecule has 3 rings (SSSR count). The van der Waals surface area contributed by atoms with Crippen LogP contribution in [0.3, 0.4) is 0 Å². The highest BCUT2D eigenvalue weighted by Crippen LogP contribution is 2.38. The first-order chi connectivity index (χ1) is 13.9. The van der Waals surface area contributed by atoms with E-state index < -0.39 is 4.92 Å². The Kier molecular flexibility index (Phi) is 6.71. The van der Waals surface area contributed by atoms with E-state index in [1.165, 1.54) is 29.5 Å². The Morgan fingerprint density at radius 1 is 1.31 bits per heavy atom. The number of ether oxygens (including phenoxy) is 1. The molecule has 1 aromatic carbocycles. The lowest BCUT2D eigenvalue weighted by Gasteiger charge is -2.12. The molecule has 1 aliphatic carbocycles. The molecule has 1 aromatic heterocycles. The number of aryl methyl sites for hydroxylation is 1. The summed E-state index contributed by atoms with van der Waals surface area (Å²) in [5, 5.41) is 17.1. The predicted octanol–water partition coefficient (Wildman–Crippen LogP) is 4.42. The second-order valence-corrected chi connectivity index (χ2v) is 7.97. The normalized spacial score (nSPS) is 12.8. The third-order valence-electron chi connectivity index (χ3n) is 4.50. The molecule has 0 spiro atoms. The van der Waals surface area contributed by atoms with Crippen molar-refractivity contribution in [2.75, 3.05) is 23.8 Å². The summed E-state index contributed by atoms with van der Waals surface area (Å²) in [7, 11) is 0. The molecule has 2 aromatic rings. The molecule has 1 heterocycles. The van der Waals surface area contributed by atoms with Gasteiger partial charge in [-0.15, -0.1) is 11.3 Å². The van der Waals surface area contributed by atoms with E-state index in [2.05, 4.69) is 10.6 Å². The fraction of sp³-hybridized carbons (Fsp3) is 0.368. The molecule has 10 heteroatoms. The third kappa shape index (κ3) is 4.86. The van der Waals surface area contributed by atoms with E-state index in [1.54, 1.807) is 6.92 Å². The molecule has 0 saturated heterocycles. The van der Waals surface area contributed by atoms with Gasteiger partial charge in [0.2, 0.25) is 5.91 Å². The van der Waals surface area contributed by atoms with Crippen LogP contribution in [0.5, 0.6) is 0 Å². The monoisotopic (exact) mass is 437 g/mol. The van der Waals surface area contributed by atoms with Crippen molar-refractivity contribution in [3.8, 4) is 0 Å². The van der Waals surface area contributed by atoms with Crippen LogP contribution >= 0.6 is 22.9 Å². The first-order valence-corrected chi connectivity index (χ1v) is 10.4. The Labute approximate surface area is 176 Å². The van der Waals surface area contributed by atoms with E-state index in [0.717, 1.165) is 36.1 Å². The number of hydrogen-bond acceptors (Lipinski definition) is 7. The Morgan fingerprint density at radius 2 is 2.07 bits per heavy atom. The van der Waals surface area contributed by atoms with Crippen LogP contribution in [-0.4, -0.2) is 30.0 Å². The number of nitro groups is 1. The molecule has 1 aliphatic rings. The number of thiophene rings is 1. The van der Waals surface area contributed by atoms with E-state index in [-0.39, 0.29) is 41.4 Å². The number of carbonyl (C=O) groups is 2. The SMILES string of the molecule is CCOC(=O)c1c(NCC(=O)Nc2ccc([N+](=O)[O-])cc2Cl)sc2c1CCCC2. The van der Waals surface area contributed by atoms with Crippen LogP contribution in [0.4, 0.5) is 16.4 Å². The van der Waals surface area contributed by atoms with Crippen molar-refractivity contribution >= 4 is 51.2 Å². The maximum absolute atomic E-state index is 12.4. The van der Waals surface area contributed by atoms with Crippen molar-refractivity contribution < 1.29 is 19.2 Å². The molecule has 8 nitrogen and oxygen atoms in total. The fourth-order valence-electron chi connectivity index (χ4n) is 3.18. The Bertz CT molecular complexity index is 960. The second kappa shape index (κ2) is 9.23. The van der Waals surface area contributed by atoms with Gasteiger partial charge in [0.15, 0.2) is 0 Å². The maximum Gasteiger partial charge on any atom is 0.341 e. The number of anilines is 2. The predicted molar refractivity (Wildman–Crippen MR) is 112 cm³/mol. The number of nitro benzene ring substituents is 1. The van der Waals surface area contributed by atoms with Gasteiger partial charge in [-0.2, -0.15) is 0 Å². The third-order valence-corrected chi connectivity index (χ3v) is 6.06. The van der Waals surface area contributed by atoms with Gasteiger partial charge in [-0.05, 0) is 44.2 Å². The molecule has 0 radical (unpaired) electrons. The van der Waals surface area contributed by atoms with Crippen LogP contribution in [-0.2, 0) is 22.4 Å². The van der Waals surface area contributed by atoms with Crippen LogP contribution in [0.2, 0.25) is 5.02 Å². The van der Waals surface area contributed by atoms with E-state index in [1.807, 2.05) is 0 Å². The Morgan fingerprint density at radius 3 is 2.76 bits per heavy atom. The number of esters is 1. The van der Waals surface area contributed by atoms with Gasteiger partial charge in [0.1, 0.15) is 5.00 Å². The lowest BCUT2D eigenvalue weighted by atomic mass is 9.95. The number of rotatable bonds is 7. The minimum Gasteiger partial charge on any atom is -0.462 e. The lowest BCUT2D eigenvalue weighted by molar-refractivity contribution is -0.384. The Balaban J connectivity index is 1.71. The average Bonchev–Trinajstić information content (AvgIpc) is 3.06. The smallest absolute Gasteiger partial charge is 0.341 e. The zero-order valence-corrected chi connectivity index (χ0v) is 17.3. The van der Waals surface area contributed by atoms with Gasteiger partial charge < -0.3 is 15.4 Å². The van der Waals surface area contributed by atoms with E-state index in [9.17, 15) is 19.7 Å². The van der Waals surface area contributed by atoms with Crippen LogP contribution < -0.4 is 10.6 Å². The quantitative estimate of drug-likeness (QED) is 0.377. The zero-order chi connectivity index (χ0) is 21.0. The molecular weight excluding hydrogens is 418 g/mol. The van der Waals surface area contributed by atoms with Gasteiger partial charge in [0.05, 0.1) is 34.3 Å². The summed E-state index contributed by atoms with van der Waals surface area (Å²) >= 11 is 7.49. The van der Waals surface area contributed by atoms with E-state index in [0.29, 0.717) is 10.6 Å². The number of fused-ring (bicyclic) bond motifs is 1. The summed E-state index contributed by atoms with van der Waals surface area (Å²) in [6, 6.07) is 3.82. The van der Waals surface area contributed by atoms with E-state index >= 15 is 0 Å². The van der Waals surface area contributed by atoms with Crippen molar-refractivity contribution in [2.24, 2.45) is 0 Å². The summed E-state index contributed by atoms with van der Waals surface area (Å²) in [5.41, 5.74) is 1.66. The standard InChI is InChI=1S/C19H20ClN3O5S/c1-2-28-19(25)17-12-5-3-4-6-15(12)29-18(17)21-10-16(24)22-14-8-7-11(23(26)27)9-13(14)20/h7-9,21H,2-6,10H2,1H3,(H,22,24). The van der Waals surface area contributed by atoms with Gasteiger partial charge in [-0.3, -0.25) is 14.9 Å². The maximum atomic E-state index is 12.4. The number of hydrogen-bond donors (Lipinski definition) is 2. The van der Waals surface area contributed by atoms with Gasteiger partial charge >= 0.3 is 5.97 Å². The van der Waals surface area contributed by atoms with E-state index in [4.69, 9.17) is 16.3 Å². The van der Waals surface area contributed by atoms with Crippen LogP contribution in [0.1, 0.15) is 40.6 Å². The summed E-state index contributed by atoms with van der Waals surface area (Å²) < 4.78 is 5.20. The number of carbonyl (C=O) groups excluding carboxylic acids is 2. The summed E-state index contributed by atoms with van der Waals surface area (Å²) in [6.45, 7) is 1.95. The number of amides is 1. The molecule has 0 unspecified atom stereocenters. The van der Waals surface area contributed by atoms with Gasteiger partial charge in [-0.1, -0.05) is 11.6 Å². The summed E-state index contributed by atoms with van der Waals surface area (Å²) in [6.07, 6.45) is 3.84. The number of halogens is 1. The average molecular weight is 438 g/mol. The summed E-state index contributed by atoms with van der Waals surface area (Å²) in [5.74, 6) is -0.768. The lowest BCUT2D eigenvalue weighted by Crippen LogP contribution is -2.22. The van der Waals surface area contributed by atoms with Crippen molar-refractivity contribution in [2.45, 2.75) is 32.6 Å². The number of nitrogens with one attached hydrogen (secondary N) is 2. The number of benzene rings is 1. The first-order valence-electron chi connectivity index (χ1n) is 9.20. The molecular formula is C19H20ClN3O5S. The van der Waals surface area contributed by atoms with Crippen molar-refractivity contribution in [1.29, 1.82) is 0 Å². The zero-order valence-electron chi connectivity index (χ0n) is 15.7. The second-order valence-electron chi connectivity index (χ2n) is 6.46. The minimum absolute atomic E-state index is 0.0753. The Hall–Kier alpha value is -2.65. The number of non-ortho nitro benzene ring substituents is 1. The van der Waals surface area contributed by atoms with Gasteiger partial charge in [0, 0.05) is 17.0 Å². The molecule has 0 saturated carbocycles. The number of nitrogens with zero attached hydrogens (tertiary/aromatic N) is 1. The first kappa shape index (κ1) is 21.1. The molecule has 0 atom stereocenters. The van der Waals surface area contributed by atoms with Crippen LogP contribution in [0, 0.1) is 10.1 Å². The highest BCUT2D eigenvalue weighted by Gasteiger charge is 2.26. The van der Waals surface area contributed by atoms with Crippen LogP contribution in [0.15, 0.2) is 18.2 Å². The summed E-state index contributed by atoms with van der Waals surface area (Å²) in [4.78, 5) is 36.1. The highest BCUT2D eigenvalue weighted by atomic mass is 35.5. The molecule has 0 fully saturated rings. The van der Waals surface area contributed by atoms with Crippen LogP contribution in [0.25, 0.3) is 0 Å². The highest BCUT2D eigenvalue weighted by molar-refractivity contribution is 7.16. The van der Waals surface area contributed by atoms with Crippen molar-refractivity contribution in [1.82, 2.24) is 0 Å².